The lowest BCUT2D eigenvalue weighted by atomic mass is 9.94. The van der Waals surface area contributed by atoms with Gasteiger partial charge in [0.1, 0.15) is 18.5 Å². The van der Waals surface area contributed by atoms with Crippen LogP contribution < -0.4 is 5.73 Å². The van der Waals surface area contributed by atoms with Crippen molar-refractivity contribution in [1.29, 1.82) is 0 Å². The maximum Gasteiger partial charge on any atom is 0.328 e. The Kier molecular flexibility index (Phi) is 4.70. The average Bonchev–Trinajstić information content (AvgIpc) is 3.10. The second kappa shape index (κ2) is 5.71. The van der Waals surface area contributed by atoms with Crippen LogP contribution in [0.15, 0.2) is 6.33 Å². The number of esters is 1. The van der Waals surface area contributed by atoms with Gasteiger partial charge in [-0.25, -0.2) is 9.78 Å². The zero-order valence-electron chi connectivity index (χ0n) is 11.8. The van der Waals surface area contributed by atoms with Crippen molar-refractivity contribution in [2.45, 2.75) is 51.3 Å². The maximum atomic E-state index is 12.5. The lowest BCUT2D eigenvalue weighted by Crippen LogP contribution is -2.56. The molecule has 2 N–H and O–H groups in total. The molecule has 1 aromatic heterocycles. The highest BCUT2D eigenvalue weighted by molar-refractivity contribution is 14.1. The standard InChI is InChI=1S/C13H19I2N3O2/c1-12(2,3)20-11(19)13(16,8-4-5-8)6-18-7-17-9(14)10(18)15/h7-8H,4-6,16H2,1-3H3. The summed E-state index contributed by atoms with van der Waals surface area (Å²) < 4.78 is 9.38. The first-order valence-electron chi connectivity index (χ1n) is 6.52. The number of halogens is 2. The maximum absolute atomic E-state index is 12.5. The molecule has 0 spiro atoms. The van der Waals surface area contributed by atoms with Gasteiger partial charge in [-0.05, 0) is 84.7 Å². The van der Waals surface area contributed by atoms with E-state index < -0.39 is 11.1 Å². The lowest BCUT2D eigenvalue weighted by Gasteiger charge is -2.31. The Balaban J connectivity index is 2.22. The molecule has 0 aliphatic heterocycles. The molecular formula is C13H19I2N3O2. The fourth-order valence-corrected chi connectivity index (χ4v) is 2.94. The van der Waals surface area contributed by atoms with Gasteiger partial charge in [-0.15, -0.1) is 0 Å². The summed E-state index contributed by atoms with van der Waals surface area (Å²) in [5.41, 5.74) is 4.95. The topological polar surface area (TPSA) is 70.1 Å². The summed E-state index contributed by atoms with van der Waals surface area (Å²) in [4.78, 5) is 16.7. The van der Waals surface area contributed by atoms with Gasteiger partial charge in [-0.1, -0.05) is 0 Å². The van der Waals surface area contributed by atoms with Gasteiger partial charge in [0, 0.05) is 0 Å². The lowest BCUT2D eigenvalue weighted by molar-refractivity contribution is -0.163. The fourth-order valence-electron chi connectivity index (χ4n) is 2.07. The van der Waals surface area contributed by atoms with E-state index in [0.29, 0.717) is 6.54 Å². The van der Waals surface area contributed by atoms with Crippen molar-refractivity contribution in [2.75, 3.05) is 0 Å². The molecule has 20 heavy (non-hydrogen) atoms. The normalized spacial score (nSPS) is 18.7. The molecule has 1 aromatic rings. The molecule has 5 nitrogen and oxygen atoms in total. The SMILES string of the molecule is CC(C)(C)OC(=O)C(N)(Cn1cnc(I)c1I)C1CC1. The minimum atomic E-state index is -0.961. The quantitative estimate of drug-likeness (QED) is 0.507. The number of nitrogens with zero attached hydrogens (tertiary/aromatic N) is 2. The molecule has 2 rings (SSSR count). The van der Waals surface area contributed by atoms with Gasteiger partial charge in [-0.3, -0.25) is 0 Å². The third kappa shape index (κ3) is 3.65. The highest BCUT2D eigenvalue weighted by Gasteiger charge is 2.50. The molecule has 1 fully saturated rings. The van der Waals surface area contributed by atoms with E-state index in [9.17, 15) is 4.79 Å². The molecule has 1 unspecified atom stereocenters. The van der Waals surface area contributed by atoms with E-state index in [1.807, 2.05) is 25.3 Å². The van der Waals surface area contributed by atoms with Crippen LogP contribution in [0.5, 0.6) is 0 Å². The smallest absolute Gasteiger partial charge is 0.328 e. The summed E-state index contributed by atoms with van der Waals surface area (Å²) in [5, 5.41) is 0. The molecule has 1 atom stereocenters. The van der Waals surface area contributed by atoms with Crippen molar-refractivity contribution in [3.63, 3.8) is 0 Å². The van der Waals surface area contributed by atoms with Gasteiger partial charge >= 0.3 is 5.97 Å². The highest BCUT2D eigenvalue weighted by Crippen LogP contribution is 2.40. The summed E-state index contributed by atoms with van der Waals surface area (Å²) in [5.74, 6) is -0.111. The molecule has 0 aromatic carbocycles. The van der Waals surface area contributed by atoms with Crippen molar-refractivity contribution in [2.24, 2.45) is 11.7 Å². The van der Waals surface area contributed by atoms with Crippen LogP contribution in [0.3, 0.4) is 0 Å². The average molecular weight is 503 g/mol. The fraction of sp³-hybridized carbons (Fsp3) is 0.692. The molecule has 1 saturated carbocycles. The van der Waals surface area contributed by atoms with Crippen molar-refractivity contribution in [3.05, 3.63) is 13.7 Å². The van der Waals surface area contributed by atoms with E-state index in [1.165, 1.54) is 0 Å². The van der Waals surface area contributed by atoms with E-state index in [4.69, 9.17) is 10.5 Å². The molecule has 0 radical (unpaired) electrons. The molecule has 1 heterocycles. The highest BCUT2D eigenvalue weighted by atomic mass is 127. The second-order valence-corrected chi connectivity index (χ2v) is 8.31. The molecule has 112 valence electrons. The second-order valence-electron chi connectivity index (χ2n) is 6.27. The molecule has 1 aliphatic carbocycles. The van der Waals surface area contributed by atoms with E-state index in [-0.39, 0.29) is 11.9 Å². The summed E-state index contributed by atoms with van der Waals surface area (Å²) in [6.45, 7) is 6.01. The number of carbonyl (C=O) groups is 1. The van der Waals surface area contributed by atoms with Crippen molar-refractivity contribution < 1.29 is 9.53 Å². The van der Waals surface area contributed by atoms with E-state index in [2.05, 4.69) is 50.2 Å². The zero-order valence-corrected chi connectivity index (χ0v) is 16.1. The molecule has 7 heteroatoms. The van der Waals surface area contributed by atoms with Gasteiger partial charge in [-0.2, -0.15) is 0 Å². The summed E-state index contributed by atoms with van der Waals surface area (Å²) in [7, 11) is 0. The number of ether oxygens (including phenoxy) is 1. The summed E-state index contributed by atoms with van der Waals surface area (Å²) >= 11 is 4.39. The van der Waals surface area contributed by atoms with Crippen LogP contribution >= 0.6 is 45.2 Å². The van der Waals surface area contributed by atoms with Crippen LogP contribution in [0, 0.1) is 13.3 Å². The van der Waals surface area contributed by atoms with Crippen LogP contribution in [0.4, 0.5) is 0 Å². The van der Waals surface area contributed by atoms with Gasteiger partial charge in [0.05, 0.1) is 12.9 Å². The van der Waals surface area contributed by atoms with Gasteiger partial charge in [0.2, 0.25) is 0 Å². The van der Waals surface area contributed by atoms with E-state index in [1.54, 1.807) is 6.33 Å². The minimum absolute atomic E-state index is 0.202. The molecule has 0 bridgehead atoms. The molecular weight excluding hydrogens is 484 g/mol. The zero-order chi connectivity index (χ0) is 15.1. The summed E-state index contributed by atoms with van der Waals surface area (Å²) in [6, 6.07) is 0. The third-order valence-electron chi connectivity index (χ3n) is 3.25. The monoisotopic (exact) mass is 503 g/mol. The van der Waals surface area contributed by atoms with Gasteiger partial charge in [0.15, 0.2) is 0 Å². The van der Waals surface area contributed by atoms with E-state index in [0.717, 1.165) is 20.2 Å². The Hall–Kier alpha value is 0.100. The Labute approximate surface area is 146 Å². The van der Waals surface area contributed by atoms with Crippen LogP contribution in [0.2, 0.25) is 0 Å². The number of hydrogen-bond donors (Lipinski definition) is 1. The minimum Gasteiger partial charge on any atom is -0.459 e. The number of imidazole rings is 1. The Bertz CT molecular complexity index is 520. The first kappa shape index (κ1) is 16.5. The van der Waals surface area contributed by atoms with Crippen molar-refractivity contribution >= 4 is 51.2 Å². The van der Waals surface area contributed by atoms with Crippen LogP contribution in [-0.2, 0) is 16.1 Å². The van der Waals surface area contributed by atoms with E-state index >= 15 is 0 Å². The van der Waals surface area contributed by atoms with Gasteiger partial charge in [0.25, 0.3) is 0 Å². The van der Waals surface area contributed by atoms with Crippen molar-refractivity contribution in [3.8, 4) is 0 Å². The number of hydrogen-bond acceptors (Lipinski definition) is 4. The summed E-state index contributed by atoms with van der Waals surface area (Å²) in [6.07, 6.45) is 3.70. The molecule has 1 aliphatic rings. The predicted octanol–water partition coefficient (Wildman–Crippen LogP) is 2.54. The van der Waals surface area contributed by atoms with Crippen molar-refractivity contribution in [1.82, 2.24) is 9.55 Å². The van der Waals surface area contributed by atoms with Crippen LogP contribution in [-0.4, -0.2) is 26.7 Å². The number of nitrogens with two attached hydrogens (primary N) is 1. The first-order valence-corrected chi connectivity index (χ1v) is 8.68. The third-order valence-corrected chi connectivity index (χ3v) is 6.20. The Morgan fingerprint density at radius 2 is 2.10 bits per heavy atom. The largest absolute Gasteiger partial charge is 0.459 e. The van der Waals surface area contributed by atoms with Gasteiger partial charge < -0.3 is 15.0 Å². The molecule has 0 amide bonds. The first-order chi connectivity index (χ1) is 9.13. The number of carbonyl (C=O) groups excluding carboxylic acids is 1. The number of aromatic nitrogens is 2. The van der Waals surface area contributed by atoms with Crippen LogP contribution in [0.1, 0.15) is 33.6 Å². The Morgan fingerprint density at radius 1 is 1.50 bits per heavy atom. The predicted molar refractivity (Wildman–Crippen MR) is 93.1 cm³/mol. The molecule has 0 saturated heterocycles. The Morgan fingerprint density at radius 3 is 2.50 bits per heavy atom. The number of rotatable bonds is 4. The van der Waals surface area contributed by atoms with Crippen LogP contribution in [0.25, 0.3) is 0 Å².